The third kappa shape index (κ3) is 2.39. The second-order valence-corrected chi connectivity index (χ2v) is 5.62. The van der Waals surface area contributed by atoms with E-state index in [4.69, 9.17) is 0 Å². The number of aromatic carboxylic acids is 1. The zero-order valence-electron chi connectivity index (χ0n) is 12.3. The Morgan fingerprint density at radius 3 is 2.62 bits per heavy atom. The SMILES string of the molecule is CN(C)c1ccc2ncc(C(=O)O)c(N3CCCC3)c2c1. The Labute approximate surface area is 123 Å². The summed E-state index contributed by atoms with van der Waals surface area (Å²) in [6, 6.07) is 5.99. The first kappa shape index (κ1) is 13.7. The number of hydrogen-bond acceptors (Lipinski definition) is 4. The second kappa shape index (κ2) is 5.24. The van der Waals surface area contributed by atoms with E-state index in [0.717, 1.165) is 48.2 Å². The molecule has 0 atom stereocenters. The largest absolute Gasteiger partial charge is 0.478 e. The average molecular weight is 285 g/mol. The van der Waals surface area contributed by atoms with Crippen LogP contribution in [0.3, 0.4) is 0 Å². The van der Waals surface area contributed by atoms with Crippen LogP contribution in [0, 0.1) is 0 Å². The zero-order chi connectivity index (χ0) is 15.0. The van der Waals surface area contributed by atoms with Gasteiger partial charge in [0.1, 0.15) is 5.56 Å². The minimum Gasteiger partial charge on any atom is -0.478 e. The Bertz CT molecular complexity index is 691. The summed E-state index contributed by atoms with van der Waals surface area (Å²) < 4.78 is 0. The number of carbonyl (C=O) groups is 1. The van der Waals surface area contributed by atoms with Crippen molar-refractivity contribution in [2.75, 3.05) is 37.0 Å². The van der Waals surface area contributed by atoms with Crippen LogP contribution < -0.4 is 9.80 Å². The molecular formula is C16H19N3O2. The van der Waals surface area contributed by atoms with Crippen molar-refractivity contribution in [1.82, 2.24) is 4.98 Å². The van der Waals surface area contributed by atoms with Crippen LogP contribution in [0.4, 0.5) is 11.4 Å². The lowest BCUT2D eigenvalue weighted by Crippen LogP contribution is -2.21. The highest BCUT2D eigenvalue weighted by Crippen LogP contribution is 2.34. The number of carboxylic acid groups (broad SMARTS) is 1. The predicted octanol–water partition coefficient (Wildman–Crippen LogP) is 2.60. The van der Waals surface area contributed by atoms with E-state index in [-0.39, 0.29) is 0 Å². The number of anilines is 2. The van der Waals surface area contributed by atoms with E-state index in [1.165, 1.54) is 6.20 Å². The number of hydrogen-bond donors (Lipinski definition) is 1. The second-order valence-electron chi connectivity index (χ2n) is 5.62. The summed E-state index contributed by atoms with van der Waals surface area (Å²) in [4.78, 5) is 20.1. The fourth-order valence-corrected chi connectivity index (χ4v) is 2.88. The number of fused-ring (bicyclic) bond motifs is 1. The number of aromatic nitrogens is 1. The first-order valence-electron chi connectivity index (χ1n) is 7.16. The first-order chi connectivity index (χ1) is 10.1. The Morgan fingerprint density at radius 2 is 2.00 bits per heavy atom. The van der Waals surface area contributed by atoms with Gasteiger partial charge >= 0.3 is 5.97 Å². The number of nitrogens with zero attached hydrogens (tertiary/aromatic N) is 3. The summed E-state index contributed by atoms with van der Waals surface area (Å²) in [6.45, 7) is 1.82. The summed E-state index contributed by atoms with van der Waals surface area (Å²) in [5.41, 5.74) is 2.99. The van der Waals surface area contributed by atoms with Crippen molar-refractivity contribution in [3.8, 4) is 0 Å². The third-order valence-corrected chi connectivity index (χ3v) is 3.99. The lowest BCUT2D eigenvalue weighted by Gasteiger charge is -2.23. The quantitative estimate of drug-likeness (QED) is 0.939. The number of benzene rings is 1. The van der Waals surface area contributed by atoms with Gasteiger partial charge in [0.2, 0.25) is 0 Å². The molecule has 21 heavy (non-hydrogen) atoms. The molecule has 0 bridgehead atoms. The monoisotopic (exact) mass is 285 g/mol. The van der Waals surface area contributed by atoms with Crippen molar-refractivity contribution in [3.05, 3.63) is 30.0 Å². The minimum atomic E-state index is -0.915. The lowest BCUT2D eigenvalue weighted by molar-refractivity contribution is 0.0697. The molecule has 1 aliphatic rings. The molecule has 0 unspecified atom stereocenters. The standard InChI is InChI=1S/C16H19N3O2/c1-18(2)11-5-6-14-12(9-11)15(19-7-3-4-8-19)13(10-17-14)16(20)21/h5-6,9-10H,3-4,7-8H2,1-2H3,(H,20,21). The highest BCUT2D eigenvalue weighted by atomic mass is 16.4. The van der Waals surface area contributed by atoms with Crippen LogP contribution in [0.5, 0.6) is 0 Å². The predicted molar refractivity (Wildman–Crippen MR) is 84.5 cm³/mol. The van der Waals surface area contributed by atoms with Crippen molar-refractivity contribution in [2.45, 2.75) is 12.8 Å². The van der Waals surface area contributed by atoms with Gasteiger partial charge in [0.05, 0.1) is 11.2 Å². The molecule has 1 aromatic heterocycles. The molecule has 1 fully saturated rings. The molecule has 0 saturated carbocycles. The van der Waals surface area contributed by atoms with E-state index >= 15 is 0 Å². The maximum Gasteiger partial charge on any atom is 0.339 e. The molecule has 0 spiro atoms. The van der Waals surface area contributed by atoms with E-state index in [0.29, 0.717) is 5.56 Å². The van der Waals surface area contributed by atoms with Crippen LogP contribution in [-0.4, -0.2) is 43.2 Å². The normalized spacial score (nSPS) is 14.7. The van der Waals surface area contributed by atoms with Gasteiger partial charge < -0.3 is 14.9 Å². The van der Waals surface area contributed by atoms with Gasteiger partial charge in [0.25, 0.3) is 0 Å². The van der Waals surface area contributed by atoms with E-state index in [9.17, 15) is 9.90 Å². The molecule has 2 aromatic rings. The van der Waals surface area contributed by atoms with Gasteiger partial charge in [-0.15, -0.1) is 0 Å². The highest BCUT2D eigenvalue weighted by Gasteiger charge is 2.22. The van der Waals surface area contributed by atoms with Crippen molar-refractivity contribution in [1.29, 1.82) is 0 Å². The number of pyridine rings is 1. The topological polar surface area (TPSA) is 56.7 Å². The van der Waals surface area contributed by atoms with Gasteiger partial charge in [0, 0.05) is 44.5 Å². The van der Waals surface area contributed by atoms with Crippen LogP contribution in [0.2, 0.25) is 0 Å². The molecule has 0 amide bonds. The molecule has 110 valence electrons. The molecule has 2 heterocycles. The molecular weight excluding hydrogens is 266 g/mol. The van der Waals surface area contributed by atoms with E-state index in [2.05, 4.69) is 9.88 Å². The van der Waals surface area contributed by atoms with Crippen LogP contribution in [-0.2, 0) is 0 Å². The van der Waals surface area contributed by atoms with Crippen LogP contribution in [0.15, 0.2) is 24.4 Å². The summed E-state index contributed by atoms with van der Waals surface area (Å²) in [5.74, 6) is -0.915. The van der Waals surface area contributed by atoms with Gasteiger partial charge in [-0.05, 0) is 31.0 Å². The van der Waals surface area contributed by atoms with Crippen LogP contribution in [0.1, 0.15) is 23.2 Å². The summed E-state index contributed by atoms with van der Waals surface area (Å²) >= 11 is 0. The summed E-state index contributed by atoms with van der Waals surface area (Å²) in [7, 11) is 3.95. The van der Waals surface area contributed by atoms with Gasteiger partial charge in [-0.3, -0.25) is 4.98 Å². The molecule has 0 aliphatic carbocycles. The Morgan fingerprint density at radius 1 is 1.29 bits per heavy atom. The van der Waals surface area contributed by atoms with E-state index in [1.807, 2.05) is 37.2 Å². The number of rotatable bonds is 3. The Kier molecular flexibility index (Phi) is 3.41. The molecule has 1 aromatic carbocycles. The molecule has 5 heteroatoms. The maximum atomic E-state index is 11.6. The van der Waals surface area contributed by atoms with Crippen molar-refractivity contribution >= 4 is 28.2 Å². The summed E-state index contributed by atoms with van der Waals surface area (Å²) in [6.07, 6.45) is 3.69. The molecule has 1 saturated heterocycles. The average Bonchev–Trinajstić information content (AvgIpc) is 2.98. The molecule has 1 N–H and O–H groups in total. The van der Waals surface area contributed by atoms with E-state index < -0.39 is 5.97 Å². The van der Waals surface area contributed by atoms with Gasteiger partial charge in [0.15, 0.2) is 0 Å². The zero-order valence-corrected chi connectivity index (χ0v) is 12.3. The van der Waals surface area contributed by atoms with Crippen molar-refractivity contribution in [3.63, 3.8) is 0 Å². The summed E-state index contributed by atoms with van der Waals surface area (Å²) in [5, 5.41) is 10.4. The van der Waals surface area contributed by atoms with Crippen LogP contribution >= 0.6 is 0 Å². The fraction of sp³-hybridized carbons (Fsp3) is 0.375. The highest BCUT2D eigenvalue weighted by molar-refractivity contribution is 6.05. The molecule has 0 radical (unpaired) electrons. The van der Waals surface area contributed by atoms with Gasteiger partial charge in [-0.2, -0.15) is 0 Å². The Balaban J connectivity index is 2.27. The molecule has 5 nitrogen and oxygen atoms in total. The fourth-order valence-electron chi connectivity index (χ4n) is 2.88. The van der Waals surface area contributed by atoms with Crippen LogP contribution in [0.25, 0.3) is 10.9 Å². The third-order valence-electron chi connectivity index (χ3n) is 3.99. The first-order valence-corrected chi connectivity index (χ1v) is 7.16. The van der Waals surface area contributed by atoms with Crippen molar-refractivity contribution < 1.29 is 9.90 Å². The molecule has 1 aliphatic heterocycles. The van der Waals surface area contributed by atoms with Gasteiger partial charge in [-0.25, -0.2) is 4.79 Å². The Hall–Kier alpha value is -2.30. The van der Waals surface area contributed by atoms with Crippen molar-refractivity contribution in [2.24, 2.45) is 0 Å². The number of carboxylic acids is 1. The maximum absolute atomic E-state index is 11.6. The minimum absolute atomic E-state index is 0.292. The molecule has 3 rings (SSSR count). The van der Waals surface area contributed by atoms with Gasteiger partial charge in [-0.1, -0.05) is 0 Å². The smallest absolute Gasteiger partial charge is 0.339 e. The lowest BCUT2D eigenvalue weighted by atomic mass is 10.1. The van der Waals surface area contributed by atoms with E-state index in [1.54, 1.807) is 0 Å².